The van der Waals surface area contributed by atoms with Crippen molar-refractivity contribution in [2.24, 2.45) is 11.3 Å². The molecule has 0 bridgehead atoms. The van der Waals surface area contributed by atoms with Crippen LogP contribution in [-0.2, 0) is 14.4 Å². The molecule has 1 aromatic rings. The highest BCUT2D eigenvalue weighted by Crippen LogP contribution is 2.25. The zero-order chi connectivity index (χ0) is 20.7. The lowest BCUT2D eigenvalue weighted by molar-refractivity contribution is -0.142. The molecule has 0 spiro atoms. The second kappa shape index (κ2) is 9.57. The van der Waals surface area contributed by atoms with Gasteiger partial charge in [0.05, 0.1) is 0 Å². The third kappa shape index (κ3) is 6.25. The zero-order valence-electron chi connectivity index (χ0n) is 17.2. The van der Waals surface area contributed by atoms with E-state index in [1.165, 1.54) is 0 Å². The normalized spacial score (nSPS) is 15.1. The summed E-state index contributed by atoms with van der Waals surface area (Å²) >= 11 is 0. The van der Waals surface area contributed by atoms with E-state index in [-0.39, 0.29) is 30.2 Å². The number of likely N-dealkylation sites (N-methyl/N-ethyl adjacent to an activating group) is 1. The van der Waals surface area contributed by atoms with Crippen molar-refractivity contribution in [2.75, 3.05) is 31.6 Å². The molecule has 2 rings (SSSR count). The Labute approximate surface area is 166 Å². The van der Waals surface area contributed by atoms with Gasteiger partial charge in [0.1, 0.15) is 5.75 Å². The highest BCUT2D eigenvalue weighted by Gasteiger charge is 2.32. The van der Waals surface area contributed by atoms with Crippen LogP contribution in [0.2, 0.25) is 0 Å². The van der Waals surface area contributed by atoms with Crippen LogP contribution in [0.25, 0.3) is 0 Å². The van der Waals surface area contributed by atoms with Crippen molar-refractivity contribution in [3.63, 3.8) is 0 Å². The van der Waals surface area contributed by atoms with Crippen LogP contribution in [0.4, 0.5) is 5.69 Å². The summed E-state index contributed by atoms with van der Waals surface area (Å²) in [6, 6.07) is 7.00. The molecule has 1 saturated heterocycles. The molecule has 3 amide bonds. The molecule has 0 unspecified atom stereocenters. The molecule has 0 saturated carbocycles. The quantitative estimate of drug-likeness (QED) is 0.782. The van der Waals surface area contributed by atoms with Crippen LogP contribution in [0, 0.1) is 11.3 Å². The lowest BCUT2D eigenvalue weighted by Gasteiger charge is -2.35. The van der Waals surface area contributed by atoms with Gasteiger partial charge in [0.25, 0.3) is 5.91 Å². The van der Waals surface area contributed by atoms with Gasteiger partial charge in [-0.3, -0.25) is 14.4 Å². The molecule has 7 nitrogen and oxygen atoms in total. The van der Waals surface area contributed by atoms with Gasteiger partial charge in [0, 0.05) is 42.7 Å². The second-order valence-corrected chi connectivity index (χ2v) is 8.08. The molecule has 0 aromatic heterocycles. The number of anilines is 1. The highest BCUT2D eigenvalue weighted by molar-refractivity contribution is 5.93. The average molecular weight is 389 g/mol. The maximum Gasteiger partial charge on any atom is 0.257 e. The van der Waals surface area contributed by atoms with Gasteiger partial charge in [-0.1, -0.05) is 26.8 Å². The predicted molar refractivity (Wildman–Crippen MR) is 108 cm³/mol. The molecule has 1 aromatic carbocycles. The minimum absolute atomic E-state index is 0.0521. The fourth-order valence-electron chi connectivity index (χ4n) is 3.12. The molecule has 0 aliphatic carbocycles. The number of piperidine rings is 1. The SMILES string of the molecule is CCNC(=O)COc1cccc(NC(=O)C2CCN(C(=O)C(C)(C)C)CC2)c1. The Bertz CT molecular complexity index is 704. The number of benzene rings is 1. The van der Waals surface area contributed by atoms with Gasteiger partial charge in [0.15, 0.2) is 6.61 Å². The van der Waals surface area contributed by atoms with E-state index in [9.17, 15) is 14.4 Å². The molecule has 28 heavy (non-hydrogen) atoms. The van der Waals surface area contributed by atoms with Gasteiger partial charge >= 0.3 is 0 Å². The molecule has 7 heteroatoms. The van der Waals surface area contributed by atoms with E-state index in [4.69, 9.17) is 4.74 Å². The molecular formula is C21H31N3O4. The molecule has 2 N–H and O–H groups in total. The number of amides is 3. The van der Waals surface area contributed by atoms with Crippen molar-refractivity contribution in [1.29, 1.82) is 0 Å². The summed E-state index contributed by atoms with van der Waals surface area (Å²) in [5, 5.41) is 5.58. The van der Waals surface area contributed by atoms with E-state index in [2.05, 4.69) is 10.6 Å². The Hall–Kier alpha value is -2.57. The number of likely N-dealkylation sites (tertiary alicyclic amines) is 1. The molecule has 1 heterocycles. The number of hydrogen-bond donors (Lipinski definition) is 2. The van der Waals surface area contributed by atoms with Crippen molar-refractivity contribution < 1.29 is 19.1 Å². The number of hydrogen-bond acceptors (Lipinski definition) is 4. The molecule has 1 aliphatic rings. The molecule has 0 radical (unpaired) electrons. The van der Waals surface area contributed by atoms with Crippen LogP contribution in [0.1, 0.15) is 40.5 Å². The number of ether oxygens (including phenoxy) is 1. The Morgan fingerprint density at radius 3 is 2.46 bits per heavy atom. The van der Waals surface area contributed by atoms with Crippen LogP contribution in [0.15, 0.2) is 24.3 Å². The van der Waals surface area contributed by atoms with Crippen LogP contribution in [-0.4, -0.2) is 48.9 Å². The first-order valence-corrected chi connectivity index (χ1v) is 9.80. The van der Waals surface area contributed by atoms with Crippen molar-refractivity contribution in [2.45, 2.75) is 40.5 Å². The summed E-state index contributed by atoms with van der Waals surface area (Å²) < 4.78 is 5.45. The van der Waals surface area contributed by atoms with Crippen molar-refractivity contribution in [3.8, 4) is 5.75 Å². The number of nitrogens with one attached hydrogen (secondary N) is 2. The predicted octanol–water partition coefficient (Wildman–Crippen LogP) is 2.42. The molecule has 1 aliphatic heterocycles. The van der Waals surface area contributed by atoms with E-state index >= 15 is 0 Å². The third-order valence-electron chi connectivity index (χ3n) is 4.64. The second-order valence-electron chi connectivity index (χ2n) is 8.08. The maximum atomic E-state index is 12.6. The van der Waals surface area contributed by atoms with Crippen molar-refractivity contribution in [3.05, 3.63) is 24.3 Å². The van der Waals surface area contributed by atoms with Gasteiger partial charge in [-0.05, 0) is 31.9 Å². The number of carbonyl (C=O) groups excluding carboxylic acids is 3. The first kappa shape index (κ1) is 21.7. The Morgan fingerprint density at radius 2 is 1.86 bits per heavy atom. The van der Waals surface area contributed by atoms with E-state index in [0.717, 1.165) is 0 Å². The Morgan fingerprint density at radius 1 is 1.18 bits per heavy atom. The minimum Gasteiger partial charge on any atom is -0.484 e. The zero-order valence-corrected chi connectivity index (χ0v) is 17.2. The van der Waals surface area contributed by atoms with Crippen LogP contribution < -0.4 is 15.4 Å². The summed E-state index contributed by atoms with van der Waals surface area (Å²) in [4.78, 5) is 38.3. The van der Waals surface area contributed by atoms with Crippen LogP contribution in [0.3, 0.4) is 0 Å². The van der Waals surface area contributed by atoms with Gasteiger partial charge in [-0.15, -0.1) is 0 Å². The fourth-order valence-corrected chi connectivity index (χ4v) is 3.12. The topological polar surface area (TPSA) is 87.7 Å². The molecular weight excluding hydrogens is 358 g/mol. The maximum absolute atomic E-state index is 12.6. The summed E-state index contributed by atoms with van der Waals surface area (Å²) in [5.74, 6) is 0.291. The molecule has 1 fully saturated rings. The lowest BCUT2D eigenvalue weighted by Crippen LogP contribution is -2.45. The van der Waals surface area contributed by atoms with E-state index in [0.29, 0.717) is 43.9 Å². The molecule has 154 valence electrons. The van der Waals surface area contributed by atoms with Gasteiger partial charge in [0.2, 0.25) is 11.8 Å². The largest absolute Gasteiger partial charge is 0.484 e. The minimum atomic E-state index is -0.399. The van der Waals surface area contributed by atoms with Crippen LogP contribution in [0.5, 0.6) is 5.75 Å². The number of rotatable bonds is 6. The van der Waals surface area contributed by atoms with E-state index < -0.39 is 5.41 Å². The highest BCUT2D eigenvalue weighted by atomic mass is 16.5. The summed E-state index contributed by atoms with van der Waals surface area (Å²) in [5.41, 5.74) is 0.232. The Kier molecular flexibility index (Phi) is 7.43. The van der Waals surface area contributed by atoms with Gasteiger partial charge < -0.3 is 20.3 Å². The van der Waals surface area contributed by atoms with Crippen LogP contribution >= 0.6 is 0 Å². The lowest BCUT2D eigenvalue weighted by atomic mass is 9.90. The monoisotopic (exact) mass is 389 g/mol. The van der Waals surface area contributed by atoms with Gasteiger partial charge in [-0.25, -0.2) is 0 Å². The van der Waals surface area contributed by atoms with E-state index in [1.807, 2.05) is 32.6 Å². The third-order valence-corrected chi connectivity index (χ3v) is 4.64. The number of nitrogens with zero attached hydrogens (tertiary/aromatic N) is 1. The summed E-state index contributed by atoms with van der Waals surface area (Å²) in [6.07, 6.45) is 1.31. The summed E-state index contributed by atoms with van der Waals surface area (Å²) in [7, 11) is 0. The first-order valence-electron chi connectivity index (χ1n) is 9.80. The number of carbonyl (C=O) groups is 3. The molecule has 0 atom stereocenters. The van der Waals surface area contributed by atoms with Crippen molar-refractivity contribution in [1.82, 2.24) is 10.2 Å². The fraction of sp³-hybridized carbons (Fsp3) is 0.571. The first-order chi connectivity index (χ1) is 13.2. The standard InChI is InChI=1S/C21H31N3O4/c1-5-22-18(25)14-28-17-8-6-7-16(13-17)23-19(26)15-9-11-24(12-10-15)20(27)21(2,3)4/h6-8,13,15H,5,9-12,14H2,1-4H3,(H,22,25)(H,23,26). The Balaban J connectivity index is 1.86. The van der Waals surface area contributed by atoms with E-state index in [1.54, 1.807) is 24.3 Å². The smallest absolute Gasteiger partial charge is 0.257 e. The van der Waals surface area contributed by atoms with Crippen molar-refractivity contribution >= 4 is 23.4 Å². The average Bonchev–Trinajstić information content (AvgIpc) is 2.66. The summed E-state index contributed by atoms with van der Waals surface area (Å²) in [6.45, 7) is 9.27. The van der Waals surface area contributed by atoms with Gasteiger partial charge in [-0.2, -0.15) is 0 Å².